The van der Waals surface area contributed by atoms with Gasteiger partial charge in [0, 0.05) is 6.04 Å². The lowest BCUT2D eigenvalue weighted by atomic mass is 10.2. The zero-order valence-electron chi connectivity index (χ0n) is 11.0. The number of aromatic amines is 1. The Hall–Kier alpha value is -0.920. The molecule has 1 heterocycles. The van der Waals surface area contributed by atoms with Gasteiger partial charge in [0.25, 0.3) is 0 Å². The number of hydrogen-bond acceptors (Lipinski definition) is 4. The van der Waals surface area contributed by atoms with Crippen molar-refractivity contribution in [1.29, 1.82) is 0 Å². The average Bonchev–Trinajstić information content (AvgIpc) is 2.67. The van der Waals surface area contributed by atoms with Crippen LogP contribution in [0.25, 0.3) is 0 Å². The molecule has 104 valence electrons. The van der Waals surface area contributed by atoms with Crippen molar-refractivity contribution in [1.82, 2.24) is 14.9 Å². The number of nitrogens with one attached hydrogen (secondary N) is 2. The maximum atomic E-state index is 12.2. The molecule has 0 spiro atoms. The van der Waals surface area contributed by atoms with E-state index in [0.717, 1.165) is 19.3 Å². The number of H-pyrrole nitrogens is 1. The van der Waals surface area contributed by atoms with Crippen LogP contribution < -0.4 is 4.72 Å². The fourth-order valence-electron chi connectivity index (χ4n) is 1.83. The predicted molar refractivity (Wildman–Crippen MR) is 68.6 cm³/mol. The second-order valence-electron chi connectivity index (χ2n) is 4.45. The first-order chi connectivity index (χ1) is 8.42. The maximum absolute atomic E-state index is 12.2. The fraction of sp³-hybridized carbons (Fsp3) is 0.727. The number of unbranched alkanes of at least 4 members (excludes halogenated alkanes) is 1. The Morgan fingerprint density at radius 1 is 1.50 bits per heavy atom. The number of hydrogen-bond donors (Lipinski definition) is 3. The molecule has 6 nitrogen and oxygen atoms in total. The molecular weight excluding hydrogens is 254 g/mol. The highest BCUT2D eigenvalue weighted by Gasteiger charge is 2.25. The van der Waals surface area contributed by atoms with E-state index in [0.29, 0.717) is 5.69 Å². The van der Waals surface area contributed by atoms with Gasteiger partial charge in [0.1, 0.15) is 10.6 Å². The Morgan fingerprint density at radius 3 is 2.72 bits per heavy atom. The Bertz CT molecular complexity index is 482. The van der Waals surface area contributed by atoms with Gasteiger partial charge in [-0.15, -0.1) is 0 Å². The first kappa shape index (κ1) is 15.1. The van der Waals surface area contributed by atoms with Crippen LogP contribution in [0.5, 0.6) is 0 Å². The summed E-state index contributed by atoms with van der Waals surface area (Å²) in [5.41, 5.74) is 0.594. The molecule has 3 N–H and O–H groups in total. The molecule has 1 aromatic rings. The van der Waals surface area contributed by atoms with E-state index in [1.54, 1.807) is 6.92 Å². The molecule has 0 aliphatic rings. The molecule has 0 radical (unpaired) electrons. The van der Waals surface area contributed by atoms with Crippen molar-refractivity contribution in [3.05, 3.63) is 11.4 Å². The molecule has 1 rings (SSSR count). The van der Waals surface area contributed by atoms with E-state index in [2.05, 4.69) is 21.8 Å². The molecule has 7 heteroatoms. The topological polar surface area (TPSA) is 95.1 Å². The standard InChI is InChI=1S/C11H21N3O3S/c1-4-5-6-8(2)14-18(16,17)11-9(3)12-13-10(11)7-15/h8,14-15H,4-7H2,1-3H3,(H,12,13). The normalized spacial score (nSPS) is 13.8. The van der Waals surface area contributed by atoms with Gasteiger partial charge in [-0.05, 0) is 20.3 Å². The molecule has 0 aliphatic carbocycles. The third-order valence-electron chi connectivity index (χ3n) is 2.73. The highest BCUT2D eigenvalue weighted by atomic mass is 32.2. The minimum atomic E-state index is -3.62. The quantitative estimate of drug-likeness (QED) is 0.693. The highest BCUT2D eigenvalue weighted by molar-refractivity contribution is 7.89. The zero-order valence-corrected chi connectivity index (χ0v) is 11.8. The minimum absolute atomic E-state index is 0.0633. The summed E-state index contributed by atoms with van der Waals surface area (Å²) in [6, 6.07) is -0.129. The monoisotopic (exact) mass is 275 g/mol. The van der Waals surface area contributed by atoms with Crippen LogP contribution in [0.15, 0.2) is 4.90 Å². The van der Waals surface area contributed by atoms with Crippen LogP contribution in [-0.4, -0.2) is 29.8 Å². The van der Waals surface area contributed by atoms with Gasteiger partial charge in [0.15, 0.2) is 0 Å². The Balaban J connectivity index is 2.89. The van der Waals surface area contributed by atoms with Crippen LogP contribution >= 0.6 is 0 Å². The Labute approximate surface area is 108 Å². The van der Waals surface area contributed by atoms with Crippen molar-refractivity contribution in [2.75, 3.05) is 0 Å². The lowest BCUT2D eigenvalue weighted by Crippen LogP contribution is -2.33. The van der Waals surface area contributed by atoms with Crippen LogP contribution in [0.1, 0.15) is 44.5 Å². The SMILES string of the molecule is CCCCC(C)NS(=O)(=O)c1c(CO)n[nH]c1C. The number of aryl methyl sites for hydroxylation is 1. The molecule has 1 atom stereocenters. The molecule has 0 fully saturated rings. The first-order valence-electron chi connectivity index (χ1n) is 6.09. The smallest absolute Gasteiger partial charge is 0.244 e. The lowest BCUT2D eigenvalue weighted by molar-refractivity contribution is 0.273. The van der Waals surface area contributed by atoms with Crippen LogP contribution in [0, 0.1) is 6.92 Å². The Morgan fingerprint density at radius 2 is 2.17 bits per heavy atom. The maximum Gasteiger partial charge on any atom is 0.244 e. The highest BCUT2D eigenvalue weighted by Crippen LogP contribution is 2.18. The van der Waals surface area contributed by atoms with Crippen molar-refractivity contribution in [3.8, 4) is 0 Å². The van der Waals surface area contributed by atoms with Gasteiger partial charge >= 0.3 is 0 Å². The number of rotatable bonds is 7. The van der Waals surface area contributed by atoms with E-state index in [1.807, 2.05) is 6.92 Å². The molecule has 1 aromatic heterocycles. The summed E-state index contributed by atoms with van der Waals surface area (Å²) in [6.45, 7) is 5.12. The van der Waals surface area contributed by atoms with E-state index in [9.17, 15) is 8.42 Å². The lowest BCUT2D eigenvalue weighted by Gasteiger charge is -2.14. The molecule has 0 saturated carbocycles. The van der Waals surface area contributed by atoms with Gasteiger partial charge in [-0.3, -0.25) is 5.10 Å². The third kappa shape index (κ3) is 3.54. The summed E-state index contributed by atoms with van der Waals surface area (Å²) >= 11 is 0. The Kier molecular flexibility index (Phi) is 5.30. The van der Waals surface area contributed by atoms with E-state index >= 15 is 0 Å². The molecule has 1 unspecified atom stereocenters. The first-order valence-corrected chi connectivity index (χ1v) is 7.57. The third-order valence-corrected chi connectivity index (χ3v) is 4.52. The molecule has 18 heavy (non-hydrogen) atoms. The molecule has 0 bridgehead atoms. The second-order valence-corrected chi connectivity index (χ2v) is 6.10. The molecule has 0 amide bonds. The van der Waals surface area contributed by atoms with Crippen molar-refractivity contribution in [3.63, 3.8) is 0 Å². The van der Waals surface area contributed by atoms with Gasteiger partial charge in [-0.2, -0.15) is 5.10 Å². The second kappa shape index (κ2) is 6.31. The van der Waals surface area contributed by atoms with Gasteiger partial charge in [-0.25, -0.2) is 13.1 Å². The average molecular weight is 275 g/mol. The van der Waals surface area contributed by atoms with E-state index in [4.69, 9.17) is 5.11 Å². The summed E-state index contributed by atoms with van der Waals surface area (Å²) in [5, 5.41) is 15.5. The summed E-state index contributed by atoms with van der Waals surface area (Å²) in [5.74, 6) is 0. The summed E-state index contributed by atoms with van der Waals surface area (Å²) in [6.07, 6.45) is 2.79. The number of aliphatic hydroxyl groups excluding tert-OH is 1. The van der Waals surface area contributed by atoms with E-state index < -0.39 is 16.6 Å². The molecular formula is C11H21N3O3S. The van der Waals surface area contributed by atoms with Crippen molar-refractivity contribution in [2.24, 2.45) is 0 Å². The summed E-state index contributed by atoms with van der Waals surface area (Å²) in [4.78, 5) is 0.0633. The van der Waals surface area contributed by atoms with Gasteiger partial charge in [0.05, 0.1) is 12.3 Å². The fourth-order valence-corrected chi connectivity index (χ4v) is 3.46. The van der Waals surface area contributed by atoms with Crippen LogP contribution in [0.2, 0.25) is 0 Å². The van der Waals surface area contributed by atoms with Crippen LogP contribution in [0.3, 0.4) is 0 Å². The molecule has 0 aromatic carbocycles. The van der Waals surface area contributed by atoms with Gasteiger partial charge in [0.2, 0.25) is 10.0 Å². The summed E-state index contributed by atoms with van der Waals surface area (Å²) < 4.78 is 27.0. The summed E-state index contributed by atoms with van der Waals surface area (Å²) in [7, 11) is -3.62. The minimum Gasteiger partial charge on any atom is -0.390 e. The van der Waals surface area contributed by atoms with Crippen molar-refractivity contribution in [2.45, 2.75) is 57.6 Å². The number of aromatic nitrogens is 2. The number of aliphatic hydroxyl groups is 1. The van der Waals surface area contributed by atoms with E-state index in [-0.39, 0.29) is 16.6 Å². The number of sulfonamides is 1. The van der Waals surface area contributed by atoms with Gasteiger partial charge in [-0.1, -0.05) is 19.8 Å². The molecule has 0 aliphatic heterocycles. The zero-order chi connectivity index (χ0) is 13.8. The number of nitrogens with zero attached hydrogens (tertiary/aromatic N) is 1. The van der Waals surface area contributed by atoms with Crippen LogP contribution in [0.4, 0.5) is 0 Å². The van der Waals surface area contributed by atoms with Crippen LogP contribution in [-0.2, 0) is 16.6 Å². The molecule has 0 saturated heterocycles. The van der Waals surface area contributed by atoms with E-state index in [1.165, 1.54) is 0 Å². The predicted octanol–water partition coefficient (Wildman–Crippen LogP) is 1.07. The largest absolute Gasteiger partial charge is 0.390 e. The van der Waals surface area contributed by atoms with Crippen molar-refractivity contribution < 1.29 is 13.5 Å². The van der Waals surface area contributed by atoms with Crippen molar-refractivity contribution >= 4 is 10.0 Å². The van der Waals surface area contributed by atoms with Gasteiger partial charge < -0.3 is 5.11 Å².